The van der Waals surface area contributed by atoms with E-state index in [0.717, 1.165) is 61.9 Å². The number of nitrogens with zero attached hydrogens (tertiary/aromatic N) is 2. The summed E-state index contributed by atoms with van der Waals surface area (Å²) < 4.78 is 0. The van der Waals surface area contributed by atoms with Gasteiger partial charge in [-0.05, 0) is 58.1 Å². The van der Waals surface area contributed by atoms with Gasteiger partial charge in [0.25, 0.3) is 5.91 Å². The Morgan fingerprint density at radius 1 is 1.10 bits per heavy atom. The summed E-state index contributed by atoms with van der Waals surface area (Å²) in [6.07, 6.45) is 5.72. The molecule has 1 aromatic heterocycles. The van der Waals surface area contributed by atoms with E-state index in [0.29, 0.717) is 12.0 Å². The predicted molar refractivity (Wildman–Crippen MR) is 120 cm³/mol. The number of carbonyl (C=O) groups excluding carboxylic acids is 2. The Labute approximate surface area is 178 Å². The molecule has 6 heteroatoms. The number of benzene rings is 1. The minimum absolute atomic E-state index is 0.0204. The first-order valence-electron chi connectivity index (χ1n) is 11.3. The Kier molecular flexibility index (Phi) is 6.21. The molecule has 1 saturated carbocycles. The van der Waals surface area contributed by atoms with E-state index in [1.54, 1.807) is 0 Å². The first kappa shape index (κ1) is 20.6. The molecule has 2 atom stereocenters. The van der Waals surface area contributed by atoms with E-state index in [1.807, 2.05) is 44.2 Å². The number of aromatic nitrogens is 1. The van der Waals surface area contributed by atoms with Crippen LogP contribution in [0.3, 0.4) is 0 Å². The monoisotopic (exact) mass is 408 g/mol. The highest BCUT2D eigenvalue weighted by molar-refractivity contribution is 6.02. The maximum Gasteiger partial charge on any atom is 0.255 e. The van der Waals surface area contributed by atoms with E-state index in [4.69, 9.17) is 4.98 Å². The number of carbonyl (C=O) groups is 2. The second kappa shape index (κ2) is 9.02. The molecular formula is C24H32N4O2. The number of hydrogen-bond acceptors (Lipinski definition) is 4. The van der Waals surface area contributed by atoms with Crippen molar-refractivity contribution in [3.63, 3.8) is 0 Å². The number of nitrogens with one attached hydrogen (secondary N) is 2. The van der Waals surface area contributed by atoms with Crippen LogP contribution >= 0.6 is 0 Å². The van der Waals surface area contributed by atoms with Gasteiger partial charge in [-0.25, -0.2) is 4.98 Å². The number of hydrogen-bond donors (Lipinski definition) is 2. The van der Waals surface area contributed by atoms with Crippen LogP contribution in [0.2, 0.25) is 0 Å². The van der Waals surface area contributed by atoms with E-state index < -0.39 is 0 Å². The van der Waals surface area contributed by atoms with Gasteiger partial charge < -0.3 is 15.5 Å². The molecule has 1 aromatic carbocycles. The second-order valence-electron chi connectivity index (χ2n) is 8.94. The molecule has 30 heavy (non-hydrogen) atoms. The second-order valence-corrected chi connectivity index (χ2v) is 8.94. The highest BCUT2D eigenvalue weighted by atomic mass is 16.2. The topological polar surface area (TPSA) is 74.3 Å². The van der Waals surface area contributed by atoms with Crippen molar-refractivity contribution in [2.24, 2.45) is 5.92 Å². The van der Waals surface area contributed by atoms with Gasteiger partial charge in [0.2, 0.25) is 5.91 Å². The van der Waals surface area contributed by atoms with Crippen molar-refractivity contribution in [1.82, 2.24) is 15.6 Å². The lowest BCUT2D eigenvalue weighted by Gasteiger charge is -2.30. The number of anilines is 1. The largest absolute Gasteiger partial charge is 0.356 e. The molecule has 160 valence electrons. The van der Waals surface area contributed by atoms with Gasteiger partial charge in [-0.3, -0.25) is 9.59 Å². The molecule has 4 rings (SSSR count). The van der Waals surface area contributed by atoms with Crippen LogP contribution in [-0.4, -0.2) is 42.0 Å². The summed E-state index contributed by atoms with van der Waals surface area (Å²) in [5.41, 5.74) is 1.56. The van der Waals surface area contributed by atoms with Crippen LogP contribution in [0.1, 0.15) is 62.7 Å². The fourth-order valence-electron chi connectivity index (χ4n) is 4.67. The minimum atomic E-state index is -0.0786. The molecule has 1 saturated heterocycles. The molecule has 2 aromatic rings. The summed E-state index contributed by atoms with van der Waals surface area (Å²) in [5.74, 6) is 0.784. The quantitative estimate of drug-likeness (QED) is 0.792. The highest BCUT2D eigenvalue weighted by Gasteiger charge is 2.30. The molecule has 1 aliphatic heterocycles. The Balaban J connectivity index is 1.53. The molecule has 0 radical (unpaired) electrons. The normalized spacial score (nSPS) is 21.8. The average Bonchev–Trinajstić information content (AvgIpc) is 3.27. The zero-order valence-corrected chi connectivity index (χ0v) is 18.0. The third-order valence-electron chi connectivity index (χ3n) is 6.17. The predicted octanol–water partition coefficient (Wildman–Crippen LogP) is 3.65. The van der Waals surface area contributed by atoms with Gasteiger partial charge in [0, 0.05) is 36.5 Å². The van der Waals surface area contributed by atoms with Crippen LogP contribution in [0.4, 0.5) is 5.82 Å². The lowest BCUT2D eigenvalue weighted by molar-refractivity contribution is -0.126. The van der Waals surface area contributed by atoms with E-state index in [-0.39, 0.29) is 29.8 Å². The van der Waals surface area contributed by atoms with Crippen LogP contribution in [0.15, 0.2) is 30.3 Å². The van der Waals surface area contributed by atoms with Crippen LogP contribution in [0.25, 0.3) is 10.9 Å². The molecule has 0 bridgehead atoms. The van der Waals surface area contributed by atoms with Crippen molar-refractivity contribution in [2.75, 3.05) is 18.0 Å². The molecule has 2 aliphatic rings. The van der Waals surface area contributed by atoms with Crippen LogP contribution < -0.4 is 15.5 Å². The molecule has 1 aliphatic carbocycles. The van der Waals surface area contributed by atoms with Gasteiger partial charge in [-0.1, -0.05) is 24.6 Å². The van der Waals surface area contributed by atoms with Gasteiger partial charge in [-0.15, -0.1) is 0 Å². The van der Waals surface area contributed by atoms with E-state index in [9.17, 15) is 9.59 Å². The zero-order chi connectivity index (χ0) is 21.1. The number of para-hydroxylation sites is 1. The van der Waals surface area contributed by atoms with Gasteiger partial charge in [0.05, 0.1) is 11.1 Å². The molecule has 2 unspecified atom stereocenters. The van der Waals surface area contributed by atoms with Crippen molar-refractivity contribution < 1.29 is 9.59 Å². The Morgan fingerprint density at radius 2 is 1.87 bits per heavy atom. The maximum absolute atomic E-state index is 13.3. The fourth-order valence-corrected chi connectivity index (χ4v) is 4.67. The van der Waals surface area contributed by atoms with Crippen LogP contribution in [0, 0.1) is 5.92 Å². The minimum Gasteiger partial charge on any atom is -0.356 e. The van der Waals surface area contributed by atoms with Gasteiger partial charge in [-0.2, -0.15) is 0 Å². The van der Waals surface area contributed by atoms with Gasteiger partial charge >= 0.3 is 0 Å². The van der Waals surface area contributed by atoms with E-state index >= 15 is 0 Å². The third kappa shape index (κ3) is 4.58. The molecule has 6 nitrogen and oxygen atoms in total. The summed E-state index contributed by atoms with van der Waals surface area (Å²) >= 11 is 0. The molecule has 2 N–H and O–H groups in total. The Bertz CT molecular complexity index is 921. The van der Waals surface area contributed by atoms with Gasteiger partial charge in [0.1, 0.15) is 5.82 Å². The highest BCUT2D eigenvalue weighted by Crippen LogP contribution is 2.28. The van der Waals surface area contributed by atoms with Crippen molar-refractivity contribution in [3.8, 4) is 0 Å². The Hall–Kier alpha value is -2.63. The SMILES string of the molecule is CC(C)NC(=O)C1CCCC(NC(=O)c2cc3ccccc3nc2N2CCCC2)C1. The van der Waals surface area contributed by atoms with Crippen molar-refractivity contribution in [3.05, 3.63) is 35.9 Å². The number of amides is 2. The van der Waals surface area contributed by atoms with E-state index in [1.165, 1.54) is 0 Å². The number of pyridine rings is 1. The number of fused-ring (bicyclic) bond motifs is 1. The molecule has 2 heterocycles. The van der Waals surface area contributed by atoms with Crippen LogP contribution in [0.5, 0.6) is 0 Å². The molecule has 2 fully saturated rings. The third-order valence-corrected chi connectivity index (χ3v) is 6.17. The molecule has 2 amide bonds. The zero-order valence-electron chi connectivity index (χ0n) is 18.0. The first-order valence-corrected chi connectivity index (χ1v) is 11.3. The summed E-state index contributed by atoms with van der Waals surface area (Å²) in [7, 11) is 0. The molecule has 0 spiro atoms. The maximum atomic E-state index is 13.3. The summed E-state index contributed by atoms with van der Waals surface area (Å²) in [5, 5.41) is 7.21. The van der Waals surface area contributed by atoms with Crippen molar-refractivity contribution in [2.45, 2.75) is 64.5 Å². The average molecular weight is 409 g/mol. The van der Waals surface area contributed by atoms with Gasteiger partial charge in [0.15, 0.2) is 0 Å². The molecular weight excluding hydrogens is 376 g/mol. The van der Waals surface area contributed by atoms with Crippen molar-refractivity contribution in [1.29, 1.82) is 0 Å². The first-order chi connectivity index (χ1) is 14.5. The summed E-state index contributed by atoms with van der Waals surface area (Å²) in [6.45, 7) is 5.83. The summed E-state index contributed by atoms with van der Waals surface area (Å²) in [4.78, 5) is 32.8. The lowest BCUT2D eigenvalue weighted by atomic mass is 9.85. The van der Waals surface area contributed by atoms with Crippen LogP contribution in [-0.2, 0) is 4.79 Å². The van der Waals surface area contributed by atoms with E-state index in [2.05, 4.69) is 15.5 Å². The standard InChI is InChI=1S/C24H32N4O2/c1-16(2)25-23(29)18-9-7-10-19(14-18)26-24(30)20-15-17-8-3-4-11-21(17)27-22(20)28-12-5-6-13-28/h3-4,8,11,15-16,18-19H,5-7,9-10,12-14H2,1-2H3,(H,25,29)(H,26,30). The van der Waals surface area contributed by atoms with Crippen molar-refractivity contribution >= 4 is 28.5 Å². The Morgan fingerprint density at radius 3 is 2.63 bits per heavy atom. The lowest BCUT2D eigenvalue weighted by Crippen LogP contribution is -2.44. The fraction of sp³-hybridized carbons (Fsp3) is 0.542. The smallest absolute Gasteiger partial charge is 0.255 e. The summed E-state index contributed by atoms with van der Waals surface area (Å²) in [6, 6.07) is 10.1. The number of rotatable bonds is 5.